The number of aromatic nitrogens is 1. The van der Waals surface area contributed by atoms with Crippen molar-refractivity contribution in [2.75, 3.05) is 4.90 Å². The maximum Gasteiger partial charge on any atom is 0.279 e. The molecule has 2 aromatic carbocycles. The minimum absolute atomic E-state index is 0.0415. The maximum atomic E-state index is 13.4. The molecule has 1 aliphatic carbocycles. The van der Waals surface area contributed by atoms with Crippen LogP contribution in [0.3, 0.4) is 0 Å². The van der Waals surface area contributed by atoms with E-state index in [9.17, 15) is 4.79 Å². The smallest absolute Gasteiger partial charge is 0.279 e. The standard InChI is InChI=1S/C20H17BrN2OS/c1-13-22-18(19(21)25-13)20(24)23(16-9-3-2-4-10-16)17-11-14-7-5-6-8-15(14)12-17/h2-10,17H,11-12H2,1H3. The maximum absolute atomic E-state index is 13.4. The van der Waals surface area contributed by atoms with Crippen LogP contribution in [0, 0.1) is 6.92 Å². The number of halogens is 1. The molecule has 0 saturated carbocycles. The molecule has 4 rings (SSSR count). The van der Waals surface area contributed by atoms with Crippen molar-refractivity contribution in [1.29, 1.82) is 0 Å². The predicted octanol–water partition coefficient (Wildman–Crippen LogP) is 5.03. The monoisotopic (exact) mass is 412 g/mol. The largest absolute Gasteiger partial charge is 0.303 e. The fourth-order valence-electron chi connectivity index (χ4n) is 3.45. The Morgan fingerprint density at radius 1 is 1.08 bits per heavy atom. The van der Waals surface area contributed by atoms with Crippen LogP contribution in [0.15, 0.2) is 58.4 Å². The summed E-state index contributed by atoms with van der Waals surface area (Å²) in [4.78, 5) is 19.7. The van der Waals surface area contributed by atoms with Gasteiger partial charge in [-0.2, -0.15) is 0 Å². The van der Waals surface area contributed by atoms with Crippen LogP contribution >= 0.6 is 27.3 Å². The van der Waals surface area contributed by atoms with Crippen LogP contribution in [0.2, 0.25) is 0 Å². The van der Waals surface area contributed by atoms with E-state index in [1.165, 1.54) is 22.5 Å². The highest BCUT2D eigenvalue weighted by Crippen LogP contribution is 2.32. The van der Waals surface area contributed by atoms with Crippen molar-refractivity contribution in [2.24, 2.45) is 0 Å². The normalized spacial score (nSPS) is 13.7. The molecule has 0 fully saturated rings. The minimum atomic E-state index is -0.0415. The van der Waals surface area contributed by atoms with E-state index in [4.69, 9.17) is 0 Å². The van der Waals surface area contributed by atoms with E-state index in [0.29, 0.717) is 5.69 Å². The lowest BCUT2D eigenvalue weighted by Gasteiger charge is -2.28. The van der Waals surface area contributed by atoms with Crippen molar-refractivity contribution in [1.82, 2.24) is 4.98 Å². The SMILES string of the molecule is Cc1nc(C(=O)N(c2ccccc2)C2Cc3ccccc3C2)c(Br)s1. The van der Waals surface area contributed by atoms with E-state index in [-0.39, 0.29) is 11.9 Å². The molecule has 0 saturated heterocycles. The van der Waals surface area contributed by atoms with Gasteiger partial charge in [0.1, 0.15) is 3.79 Å². The summed E-state index contributed by atoms with van der Waals surface area (Å²) >= 11 is 5.00. The van der Waals surface area contributed by atoms with E-state index in [1.54, 1.807) is 0 Å². The third kappa shape index (κ3) is 3.14. The van der Waals surface area contributed by atoms with Crippen molar-refractivity contribution >= 4 is 38.9 Å². The molecule has 1 aromatic heterocycles. The molecule has 3 nitrogen and oxygen atoms in total. The third-order valence-corrected chi connectivity index (χ3v) is 6.16. The van der Waals surface area contributed by atoms with Gasteiger partial charge in [0.15, 0.2) is 5.69 Å². The summed E-state index contributed by atoms with van der Waals surface area (Å²) in [7, 11) is 0. The highest BCUT2D eigenvalue weighted by molar-refractivity contribution is 9.11. The summed E-state index contributed by atoms with van der Waals surface area (Å²) in [5.74, 6) is -0.0415. The molecule has 0 unspecified atom stereocenters. The highest BCUT2D eigenvalue weighted by Gasteiger charge is 2.33. The molecule has 0 radical (unpaired) electrons. The van der Waals surface area contributed by atoms with Gasteiger partial charge in [-0.05, 0) is 59.0 Å². The lowest BCUT2D eigenvalue weighted by atomic mass is 10.1. The Hall–Kier alpha value is -1.98. The van der Waals surface area contributed by atoms with Crippen LogP contribution in [0.4, 0.5) is 5.69 Å². The molecule has 1 amide bonds. The number of hydrogen-bond acceptors (Lipinski definition) is 3. The van der Waals surface area contributed by atoms with Crippen molar-refractivity contribution < 1.29 is 4.79 Å². The van der Waals surface area contributed by atoms with Gasteiger partial charge in [0, 0.05) is 11.7 Å². The molecule has 0 bridgehead atoms. The van der Waals surface area contributed by atoms with Crippen LogP contribution < -0.4 is 4.90 Å². The Labute approximate surface area is 159 Å². The van der Waals surface area contributed by atoms with Gasteiger partial charge in [0.05, 0.1) is 5.01 Å². The van der Waals surface area contributed by atoms with Gasteiger partial charge in [0.2, 0.25) is 0 Å². The summed E-state index contributed by atoms with van der Waals surface area (Å²) in [6, 6.07) is 18.5. The number of nitrogens with zero attached hydrogens (tertiary/aromatic N) is 2. The summed E-state index contributed by atoms with van der Waals surface area (Å²) in [5.41, 5.74) is 4.08. The fraction of sp³-hybridized carbons (Fsp3) is 0.200. The molecule has 0 N–H and O–H groups in total. The zero-order valence-corrected chi connectivity index (χ0v) is 16.2. The Balaban J connectivity index is 1.74. The topological polar surface area (TPSA) is 33.2 Å². The molecule has 0 spiro atoms. The predicted molar refractivity (Wildman–Crippen MR) is 105 cm³/mol. The number of amides is 1. The number of para-hydroxylation sites is 1. The number of anilines is 1. The second kappa shape index (κ2) is 6.73. The lowest BCUT2D eigenvalue weighted by Crippen LogP contribution is -2.41. The average molecular weight is 413 g/mol. The van der Waals surface area contributed by atoms with E-state index < -0.39 is 0 Å². The molecular weight excluding hydrogens is 396 g/mol. The second-order valence-electron chi connectivity index (χ2n) is 6.20. The Bertz CT molecular complexity index is 897. The van der Waals surface area contributed by atoms with Crippen LogP contribution in [0.1, 0.15) is 26.6 Å². The van der Waals surface area contributed by atoms with Gasteiger partial charge in [-0.1, -0.05) is 42.5 Å². The molecular formula is C20H17BrN2OS. The van der Waals surface area contributed by atoms with Crippen LogP contribution in [0.5, 0.6) is 0 Å². The average Bonchev–Trinajstić information content (AvgIpc) is 3.18. The number of fused-ring (bicyclic) bond motifs is 1. The molecule has 1 heterocycles. The number of rotatable bonds is 3. The number of hydrogen-bond donors (Lipinski definition) is 0. The highest BCUT2D eigenvalue weighted by atomic mass is 79.9. The summed E-state index contributed by atoms with van der Waals surface area (Å²) in [5, 5.41) is 0.887. The van der Waals surface area contributed by atoms with E-state index in [2.05, 4.69) is 45.2 Å². The summed E-state index contributed by atoms with van der Waals surface area (Å²) in [6.45, 7) is 1.92. The quantitative estimate of drug-likeness (QED) is 0.604. The second-order valence-corrected chi connectivity index (χ2v) is 8.72. The molecule has 0 atom stereocenters. The van der Waals surface area contributed by atoms with Gasteiger partial charge in [-0.15, -0.1) is 11.3 Å². The van der Waals surface area contributed by atoms with Crippen molar-refractivity contribution in [3.63, 3.8) is 0 Å². The number of carbonyl (C=O) groups excluding carboxylic acids is 1. The number of thiazole rings is 1. The van der Waals surface area contributed by atoms with Crippen LogP contribution in [0.25, 0.3) is 0 Å². The minimum Gasteiger partial charge on any atom is -0.303 e. The number of benzene rings is 2. The first kappa shape index (κ1) is 16.5. The first-order valence-electron chi connectivity index (χ1n) is 8.22. The summed E-state index contributed by atoms with van der Waals surface area (Å²) < 4.78 is 0.798. The molecule has 126 valence electrons. The van der Waals surface area contributed by atoms with Crippen LogP contribution in [-0.2, 0) is 12.8 Å². The Morgan fingerprint density at radius 2 is 1.68 bits per heavy atom. The van der Waals surface area contributed by atoms with Crippen molar-refractivity contribution in [3.05, 3.63) is 80.2 Å². The zero-order valence-electron chi connectivity index (χ0n) is 13.8. The van der Waals surface area contributed by atoms with Crippen molar-refractivity contribution in [2.45, 2.75) is 25.8 Å². The molecule has 25 heavy (non-hydrogen) atoms. The first-order chi connectivity index (χ1) is 12.1. The lowest BCUT2D eigenvalue weighted by molar-refractivity contribution is 0.0972. The van der Waals surface area contributed by atoms with Gasteiger partial charge >= 0.3 is 0 Å². The number of carbonyl (C=O) groups is 1. The van der Waals surface area contributed by atoms with Crippen LogP contribution in [-0.4, -0.2) is 16.9 Å². The van der Waals surface area contributed by atoms with E-state index in [0.717, 1.165) is 27.3 Å². The van der Waals surface area contributed by atoms with Gasteiger partial charge < -0.3 is 4.90 Å². The Morgan fingerprint density at radius 3 is 2.24 bits per heavy atom. The zero-order chi connectivity index (χ0) is 17.4. The summed E-state index contributed by atoms with van der Waals surface area (Å²) in [6.07, 6.45) is 1.75. The first-order valence-corrected chi connectivity index (χ1v) is 9.83. The van der Waals surface area contributed by atoms with Crippen molar-refractivity contribution in [3.8, 4) is 0 Å². The molecule has 3 aromatic rings. The van der Waals surface area contributed by atoms with E-state index >= 15 is 0 Å². The van der Waals surface area contributed by atoms with Gasteiger partial charge in [-0.3, -0.25) is 4.79 Å². The van der Waals surface area contributed by atoms with E-state index in [1.807, 2.05) is 42.2 Å². The molecule has 0 aliphatic heterocycles. The third-order valence-electron chi connectivity index (χ3n) is 4.54. The van der Waals surface area contributed by atoms with Gasteiger partial charge in [0.25, 0.3) is 5.91 Å². The molecule has 1 aliphatic rings. The fourth-order valence-corrected chi connectivity index (χ4v) is 5.04. The Kier molecular flexibility index (Phi) is 4.44. The molecule has 5 heteroatoms. The number of aryl methyl sites for hydroxylation is 1. The van der Waals surface area contributed by atoms with Gasteiger partial charge in [-0.25, -0.2) is 4.98 Å².